The SMILES string of the molecule is CC(C)C1CCC(C)(C)CC1c1ccc(O)cc1.Oc1ccccc1. The van der Waals surface area contributed by atoms with Gasteiger partial charge in [0.15, 0.2) is 0 Å². The fourth-order valence-corrected chi connectivity index (χ4v) is 3.92. The Labute approximate surface area is 152 Å². The summed E-state index contributed by atoms with van der Waals surface area (Å²) in [6.45, 7) is 9.46. The molecule has 2 unspecified atom stereocenters. The Morgan fingerprint density at radius 1 is 0.880 bits per heavy atom. The fraction of sp³-hybridized carbons (Fsp3) is 0.478. The van der Waals surface area contributed by atoms with Crippen molar-refractivity contribution in [3.8, 4) is 11.5 Å². The second-order valence-electron chi connectivity index (χ2n) is 8.35. The van der Waals surface area contributed by atoms with E-state index in [9.17, 15) is 5.11 Å². The van der Waals surface area contributed by atoms with Crippen LogP contribution in [0.5, 0.6) is 11.5 Å². The molecular weight excluding hydrogens is 308 g/mol. The Morgan fingerprint density at radius 2 is 1.44 bits per heavy atom. The maximum atomic E-state index is 9.43. The molecule has 2 N–H and O–H groups in total. The average Bonchev–Trinajstić information content (AvgIpc) is 2.55. The molecule has 0 heterocycles. The lowest BCUT2D eigenvalue weighted by Crippen LogP contribution is -2.31. The highest BCUT2D eigenvalue weighted by atomic mass is 16.3. The monoisotopic (exact) mass is 340 g/mol. The van der Waals surface area contributed by atoms with Crippen LogP contribution < -0.4 is 0 Å². The maximum absolute atomic E-state index is 9.43. The molecule has 2 heteroatoms. The molecule has 1 aliphatic rings. The third-order valence-electron chi connectivity index (χ3n) is 5.38. The first-order valence-corrected chi connectivity index (χ1v) is 9.31. The summed E-state index contributed by atoms with van der Waals surface area (Å²) >= 11 is 0. The van der Waals surface area contributed by atoms with Gasteiger partial charge >= 0.3 is 0 Å². The standard InChI is InChI=1S/C17H26O.C6H6O/c1-12(2)15-9-10-17(3,4)11-16(15)13-5-7-14(18)8-6-13;7-6-4-2-1-3-5-6/h5-8,12,15-16,18H,9-11H2,1-4H3;1-5,7H. The topological polar surface area (TPSA) is 40.5 Å². The lowest BCUT2D eigenvalue weighted by atomic mass is 9.62. The molecule has 3 rings (SSSR count). The van der Waals surface area contributed by atoms with E-state index < -0.39 is 0 Å². The van der Waals surface area contributed by atoms with Crippen LogP contribution in [0.1, 0.15) is 58.4 Å². The predicted molar refractivity (Wildman–Crippen MR) is 105 cm³/mol. The molecule has 2 aromatic rings. The van der Waals surface area contributed by atoms with Crippen LogP contribution in [0.25, 0.3) is 0 Å². The summed E-state index contributed by atoms with van der Waals surface area (Å²) in [6.07, 6.45) is 3.93. The number of benzene rings is 2. The second-order valence-corrected chi connectivity index (χ2v) is 8.35. The lowest BCUT2D eigenvalue weighted by molar-refractivity contribution is 0.131. The van der Waals surface area contributed by atoms with Crippen molar-refractivity contribution in [3.63, 3.8) is 0 Å². The van der Waals surface area contributed by atoms with Crippen LogP contribution in [-0.2, 0) is 0 Å². The fourth-order valence-electron chi connectivity index (χ4n) is 3.92. The zero-order valence-corrected chi connectivity index (χ0v) is 15.9. The van der Waals surface area contributed by atoms with Gasteiger partial charge in [0.25, 0.3) is 0 Å². The van der Waals surface area contributed by atoms with E-state index in [0.29, 0.717) is 22.8 Å². The number of phenolic OH excluding ortho intramolecular Hbond substituents is 2. The van der Waals surface area contributed by atoms with Crippen molar-refractivity contribution in [2.24, 2.45) is 17.3 Å². The van der Waals surface area contributed by atoms with Gasteiger partial charge in [-0.3, -0.25) is 0 Å². The number of rotatable bonds is 2. The summed E-state index contributed by atoms with van der Waals surface area (Å²) in [7, 11) is 0. The van der Waals surface area contributed by atoms with Gasteiger partial charge in [-0.2, -0.15) is 0 Å². The van der Waals surface area contributed by atoms with Gasteiger partial charge in [0, 0.05) is 0 Å². The molecule has 0 aromatic heterocycles. The third-order valence-corrected chi connectivity index (χ3v) is 5.38. The Hall–Kier alpha value is -1.96. The van der Waals surface area contributed by atoms with Crippen LogP contribution in [0, 0.1) is 17.3 Å². The van der Waals surface area contributed by atoms with Crippen molar-refractivity contribution in [3.05, 3.63) is 60.2 Å². The van der Waals surface area contributed by atoms with Crippen molar-refractivity contribution in [2.75, 3.05) is 0 Å². The van der Waals surface area contributed by atoms with Crippen LogP contribution >= 0.6 is 0 Å². The van der Waals surface area contributed by atoms with Crippen LogP contribution in [0.4, 0.5) is 0 Å². The van der Waals surface area contributed by atoms with E-state index in [-0.39, 0.29) is 0 Å². The quantitative estimate of drug-likeness (QED) is 0.668. The van der Waals surface area contributed by atoms with Gasteiger partial charge in [-0.1, -0.05) is 58.0 Å². The van der Waals surface area contributed by atoms with Crippen LogP contribution in [-0.4, -0.2) is 10.2 Å². The first-order valence-electron chi connectivity index (χ1n) is 9.31. The van der Waals surface area contributed by atoms with E-state index in [1.54, 1.807) is 24.3 Å². The van der Waals surface area contributed by atoms with Crippen molar-refractivity contribution in [1.29, 1.82) is 0 Å². The van der Waals surface area contributed by atoms with Gasteiger partial charge < -0.3 is 10.2 Å². The number of para-hydroxylation sites is 1. The molecule has 136 valence electrons. The predicted octanol–water partition coefficient (Wildman–Crippen LogP) is 6.35. The summed E-state index contributed by atoms with van der Waals surface area (Å²) in [4.78, 5) is 0. The smallest absolute Gasteiger partial charge is 0.115 e. The van der Waals surface area contributed by atoms with E-state index in [1.807, 2.05) is 18.2 Å². The molecule has 0 aliphatic heterocycles. The first kappa shape index (κ1) is 19.4. The van der Waals surface area contributed by atoms with Crippen molar-refractivity contribution in [2.45, 2.75) is 52.9 Å². The Kier molecular flexibility index (Phi) is 6.52. The van der Waals surface area contributed by atoms with E-state index in [0.717, 1.165) is 11.8 Å². The minimum absolute atomic E-state index is 0.322. The second kappa shape index (κ2) is 8.42. The van der Waals surface area contributed by atoms with Gasteiger partial charge in [-0.25, -0.2) is 0 Å². The molecular formula is C23H32O2. The van der Waals surface area contributed by atoms with Crippen molar-refractivity contribution < 1.29 is 10.2 Å². The summed E-state index contributed by atoms with van der Waals surface area (Å²) < 4.78 is 0. The highest BCUT2D eigenvalue weighted by Gasteiger charge is 2.36. The average molecular weight is 341 g/mol. The Morgan fingerprint density at radius 3 is 1.92 bits per heavy atom. The van der Waals surface area contributed by atoms with Crippen molar-refractivity contribution >= 4 is 0 Å². The minimum atomic E-state index is 0.322. The highest BCUT2D eigenvalue weighted by molar-refractivity contribution is 5.29. The first-order chi connectivity index (χ1) is 11.8. The highest BCUT2D eigenvalue weighted by Crippen LogP contribution is 2.49. The minimum Gasteiger partial charge on any atom is -0.508 e. The van der Waals surface area contributed by atoms with E-state index >= 15 is 0 Å². The summed E-state index contributed by atoms with van der Waals surface area (Å²) in [5.74, 6) is 2.86. The summed E-state index contributed by atoms with van der Waals surface area (Å²) in [5.41, 5.74) is 1.85. The molecule has 0 spiro atoms. The molecule has 2 atom stereocenters. The van der Waals surface area contributed by atoms with Crippen LogP contribution in [0.3, 0.4) is 0 Å². The normalized spacial score (nSPS) is 22.1. The molecule has 25 heavy (non-hydrogen) atoms. The van der Waals surface area contributed by atoms with Gasteiger partial charge in [0.05, 0.1) is 0 Å². The summed E-state index contributed by atoms with van der Waals surface area (Å²) in [5, 5.41) is 18.1. The zero-order chi connectivity index (χ0) is 18.4. The summed E-state index contributed by atoms with van der Waals surface area (Å²) in [6, 6.07) is 16.6. The largest absolute Gasteiger partial charge is 0.508 e. The van der Waals surface area contributed by atoms with Gasteiger partial charge in [-0.05, 0) is 72.3 Å². The van der Waals surface area contributed by atoms with Gasteiger partial charge in [-0.15, -0.1) is 0 Å². The molecule has 0 amide bonds. The maximum Gasteiger partial charge on any atom is 0.115 e. The van der Waals surface area contributed by atoms with Gasteiger partial charge in [0.1, 0.15) is 11.5 Å². The van der Waals surface area contributed by atoms with Crippen LogP contribution in [0.15, 0.2) is 54.6 Å². The number of aromatic hydroxyl groups is 2. The third kappa shape index (κ3) is 5.81. The number of hydrogen-bond donors (Lipinski definition) is 2. The van der Waals surface area contributed by atoms with Crippen LogP contribution in [0.2, 0.25) is 0 Å². The molecule has 0 saturated heterocycles. The van der Waals surface area contributed by atoms with E-state index in [4.69, 9.17) is 5.11 Å². The van der Waals surface area contributed by atoms with E-state index in [1.165, 1.54) is 24.8 Å². The molecule has 0 bridgehead atoms. The molecule has 0 radical (unpaired) electrons. The molecule has 1 saturated carbocycles. The molecule has 2 aromatic carbocycles. The Bertz CT molecular complexity index is 629. The molecule has 2 nitrogen and oxygen atoms in total. The Balaban J connectivity index is 0.000000269. The number of phenols is 2. The lowest BCUT2D eigenvalue weighted by Gasteiger charge is -2.43. The molecule has 1 fully saturated rings. The van der Waals surface area contributed by atoms with Crippen molar-refractivity contribution in [1.82, 2.24) is 0 Å². The number of hydrogen-bond acceptors (Lipinski definition) is 2. The van der Waals surface area contributed by atoms with E-state index in [2.05, 4.69) is 39.8 Å². The van der Waals surface area contributed by atoms with Gasteiger partial charge in [0.2, 0.25) is 0 Å². The molecule has 1 aliphatic carbocycles. The zero-order valence-electron chi connectivity index (χ0n) is 15.9.